The molecule has 6 nitrogen and oxygen atoms in total. The van der Waals surface area contributed by atoms with E-state index in [4.69, 9.17) is 0 Å². The zero-order chi connectivity index (χ0) is 21.4. The molecule has 2 saturated heterocycles. The summed E-state index contributed by atoms with van der Waals surface area (Å²) in [6, 6.07) is 13.1. The van der Waals surface area contributed by atoms with Crippen molar-refractivity contribution in [3.05, 3.63) is 59.2 Å². The van der Waals surface area contributed by atoms with Gasteiger partial charge in [-0.1, -0.05) is 17.7 Å². The summed E-state index contributed by atoms with van der Waals surface area (Å²) in [6.45, 7) is 8.50. The Morgan fingerprint density at radius 1 is 0.933 bits per heavy atom. The van der Waals surface area contributed by atoms with Gasteiger partial charge in [0.2, 0.25) is 5.91 Å². The Kier molecular flexibility index (Phi) is 5.43. The Hall–Kier alpha value is -2.99. The summed E-state index contributed by atoms with van der Waals surface area (Å²) in [6.07, 6.45) is 0.236. The number of hydrogen-bond donors (Lipinski definition) is 0. The van der Waals surface area contributed by atoms with Crippen LogP contribution in [0.25, 0.3) is 0 Å². The average Bonchev–Trinajstić information content (AvgIpc) is 3.02. The SMILES string of the molecule is CC(=O)c1ccc(N2CCN([C@H]3CC(=O)N(c4ccc(C)cc4C)C3=O)CC2)cc1. The Labute approximate surface area is 177 Å². The fourth-order valence-corrected chi connectivity index (χ4v) is 4.41. The van der Waals surface area contributed by atoms with E-state index in [-0.39, 0.29) is 30.1 Å². The molecule has 0 radical (unpaired) electrons. The topological polar surface area (TPSA) is 60.9 Å². The van der Waals surface area contributed by atoms with Gasteiger partial charge in [-0.2, -0.15) is 0 Å². The smallest absolute Gasteiger partial charge is 0.251 e. The van der Waals surface area contributed by atoms with Crippen LogP contribution in [0.5, 0.6) is 0 Å². The molecule has 0 N–H and O–H groups in total. The quantitative estimate of drug-likeness (QED) is 0.578. The van der Waals surface area contributed by atoms with Crippen molar-refractivity contribution in [1.82, 2.24) is 4.90 Å². The molecule has 30 heavy (non-hydrogen) atoms. The highest BCUT2D eigenvalue weighted by Crippen LogP contribution is 2.30. The third kappa shape index (κ3) is 3.75. The molecule has 1 atom stereocenters. The van der Waals surface area contributed by atoms with Crippen LogP contribution >= 0.6 is 0 Å². The van der Waals surface area contributed by atoms with Crippen molar-refractivity contribution in [3.63, 3.8) is 0 Å². The number of piperazine rings is 1. The molecule has 0 unspecified atom stereocenters. The van der Waals surface area contributed by atoms with Crippen LogP contribution in [-0.2, 0) is 9.59 Å². The van der Waals surface area contributed by atoms with Crippen LogP contribution in [0.3, 0.4) is 0 Å². The number of carbonyl (C=O) groups excluding carboxylic acids is 3. The molecule has 2 aliphatic rings. The normalized spacial score (nSPS) is 20.2. The lowest BCUT2D eigenvalue weighted by atomic mass is 10.1. The number of nitrogens with zero attached hydrogens (tertiary/aromatic N) is 3. The number of carbonyl (C=O) groups is 3. The molecule has 4 rings (SSSR count). The van der Waals surface area contributed by atoms with Gasteiger partial charge < -0.3 is 4.90 Å². The lowest BCUT2D eigenvalue weighted by Crippen LogP contribution is -2.52. The first-order valence-electron chi connectivity index (χ1n) is 10.4. The van der Waals surface area contributed by atoms with E-state index >= 15 is 0 Å². The summed E-state index contributed by atoms with van der Waals surface area (Å²) in [5, 5.41) is 0. The van der Waals surface area contributed by atoms with Crippen molar-refractivity contribution in [3.8, 4) is 0 Å². The van der Waals surface area contributed by atoms with E-state index < -0.39 is 0 Å². The third-order valence-electron chi connectivity index (χ3n) is 6.11. The third-order valence-corrected chi connectivity index (χ3v) is 6.11. The Morgan fingerprint density at radius 3 is 2.20 bits per heavy atom. The van der Waals surface area contributed by atoms with E-state index in [9.17, 15) is 14.4 Å². The summed E-state index contributed by atoms with van der Waals surface area (Å²) >= 11 is 0. The number of Topliss-reactive ketones (excluding diaryl/α,β-unsaturated/α-hetero) is 1. The Balaban J connectivity index is 1.43. The molecule has 2 aromatic rings. The lowest BCUT2D eigenvalue weighted by Gasteiger charge is -2.38. The van der Waals surface area contributed by atoms with Gasteiger partial charge in [-0.25, -0.2) is 4.90 Å². The highest BCUT2D eigenvalue weighted by molar-refractivity contribution is 6.22. The standard InChI is InChI=1S/C24H27N3O3/c1-16-4-9-21(17(2)14-16)27-23(29)15-22(24(27)30)26-12-10-25(11-13-26)20-7-5-19(6-8-20)18(3)28/h4-9,14,22H,10-13,15H2,1-3H3/t22-/m0/s1. The summed E-state index contributed by atoms with van der Waals surface area (Å²) in [4.78, 5) is 43.0. The molecule has 2 aromatic carbocycles. The number of aryl methyl sites for hydroxylation is 2. The number of benzene rings is 2. The fourth-order valence-electron chi connectivity index (χ4n) is 4.41. The van der Waals surface area contributed by atoms with Crippen molar-refractivity contribution >= 4 is 29.0 Å². The molecule has 156 valence electrons. The van der Waals surface area contributed by atoms with Crippen molar-refractivity contribution in [1.29, 1.82) is 0 Å². The largest absolute Gasteiger partial charge is 0.369 e. The van der Waals surface area contributed by atoms with Crippen molar-refractivity contribution < 1.29 is 14.4 Å². The predicted octanol–water partition coefficient (Wildman–Crippen LogP) is 2.96. The van der Waals surface area contributed by atoms with E-state index in [2.05, 4.69) is 9.80 Å². The molecule has 2 aliphatic heterocycles. The molecule has 0 aromatic heterocycles. The second kappa shape index (κ2) is 8.03. The summed E-state index contributed by atoms with van der Waals surface area (Å²) in [7, 11) is 0. The van der Waals surface area contributed by atoms with E-state index in [0.717, 1.165) is 43.0 Å². The van der Waals surface area contributed by atoms with Gasteiger partial charge in [-0.15, -0.1) is 0 Å². The molecule has 6 heteroatoms. The molecular formula is C24H27N3O3. The van der Waals surface area contributed by atoms with Crippen LogP contribution < -0.4 is 9.80 Å². The summed E-state index contributed by atoms with van der Waals surface area (Å²) in [5.41, 5.74) is 4.53. The van der Waals surface area contributed by atoms with E-state index in [1.165, 1.54) is 4.90 Å². The molecule has 0 spiro atoms. The van der Waals surface area contributed by atoms with Gasteiger partial charge in [0.15, 0.2) is 5.78 Å². The van der Waals surface area contributed by atoms with Crippen molar-refractivity contribution in [2.75, 3.05) is 36.0 Å². The predicted molar refractivity (Wildman–Crippen MR) is 117 cm³/mol. The fraction of sp³-hybridized carbons (Fsp3) is 0.375. The number of anilines is 2. The van der Waals surface area contributed by atoms with Gasteiger partial charge >= 0.3 is 0 Å². The maximum atomic E-state index is 13.1. The van der Waals surface area contributed by atoms with Crippen LogP contribution in [0, 0.1) is 13.8 Å². The van der Waals surface area contributed by atoms with Gasteiger partial charge in [0.1, 0.15) is 0 Å². The van der Waals surface area contributed by atoms with Gasteiger partial charge in [-0.3, -0.25) is 19.3 Å². The first-order valence-corrected chi connectivity index (χ1v) is 10.4. The van der Waals surface area contributed by atoms with Crippen molar-refractivity contribution in [2.24, 2.45) is 0 Å². The Morgan fingerprint density at radius 2 is 1.60 bits per heavy atom. The minimum absolute atomic E-state index is 0.0594. The highest BCUT2D eigenvalue weighted by atomic mass is 16.2. The number of hydrogen-bond acceptors (Lipinski definition) is 5. The van der Waals surface area contributed by atoms with Crippen LogP contribution in [-0.4, -0.2) is 54.7 Å². The molecule has 2 fully saturated rings. The van der Waals surface area contributed by atoms with Crippen LogP contribution in [0.2, 0.25) is 0 Å². The zero-order valence-electron chi connectivity index (χ0n) is 17.7. The maximum Gasteiger partial charge on any atom is 0.251 e. The van der Waals surface area contributed by atoms with E-state index in [1.807, 2.05) is 56.3 Å². The van der Waals surface area contributed by atoms with E-state index in [1.54, 1.807) is 6.92 Å². The minimum atomic E-state index is -0.388. The van der Waals surface area contributed by atoms with Crippen molar-refractivity contribution in [2.45, 2.75) is 33.2 Å². The molecule has 0 aliphatic carbocycles. The van der Waals surface area contributed by atoms with Crippen LogP contribution in [0.4, 0.5) is 11.4 Å². The van der Waals surface area contributed by atoms with Gasteiger partial charge in [0.05, 0.1) is 18.2 Å². The van der Waals surface area contributed by atoms with Crippen LogP contribution in [0.1, 0.15) is 34.8 Å². The van der Waals surface area contributed by atoms with E-state index in [0.29, 0.717) is 11.3 Å². The number of ketones is 1. The lowest BCUT2D eigenvalue weighted by molar-refractivity contribution is -0.123. The van der Waals surface area contributed by atoms with Crippen LogP contribution in [0.15, 0.2) is 42.5 Å². The summed E-state index contributed by atoms with van der Waals surface area (Å²) in [5.74, 6) is -0.186. The summed E-state index contributed by atoms with van der Waals surface area (Å²) < 4.78 is 0. The molecular weight excluding hydrogens is 378 g/mol. The molecule has 0 saturated carbocycles. The minimum Gasteiger partial charge on any atom is -0.369 e. The first kappa shape index (κ1) is 20.3. The number of imide groups is 1. The first-order chi connectivity index (χ1) is 14.3. The average molecular weight is 405 g/mol. The number of amides is 2. The molecule has 0 bridgehead atoms. The zero-order valence-corrected chi connectivity index (χ0v) is 17.7. The Bertz CT molecular complexity index is 991. The van der Waals surface area contributed by atoms with Gasteiger partial charge in [0, 0.05) is 37.4 Å². The second-order valence-corrected chi connectivity index (χ2v) is 8.20. The maximum absolute atomic E-state index is 13.1. The van der Waals surface area contributed by atoms with Gasteiger partial charge in [-0.05, 0) is 56.7 Å². The second-order valence-electron chi connectivity index (χ2n) is 8.20. The highest BCUT2D eigenvalue weighted by Gasteiger charge is 2.43. The molecule has 2 heterocycles. The van der Waals surface area contributed by atoms with Gasteiger partial charge in [0.25, 0.3) is 5.91 Å². The monoisotopic (exact) mass is 405 g/mol. The number of rotatable bonds is 4. The molecule has 2 amide bonds.